The highest BCUT2D eigenvalue weighted by Crippen LogP contribution is 2.27. The van der Waals surface area contributed by atoms with Crippen LogP contribution in [0.4, 0.5) is 5.69 Å². The molecule has 0 unspecified atom stereocenters. The standard InChI is InChI=1S/C21H29N3O4S/c1-16-11-17(2)13-24(12-16)29(26,27)20-8-6-18(7-9-20)22-21(25)15-23(3)14-19-5-4-10-28-19/h4-10,16-17H,11-15H2,1-3H3,(H,22,25)/t16-,17-/m1/s1. The number of benzene rings is 1. The van der Waals surface area contributed by atoms with Crippen LogP contribution in [0.3, 0.4) is 0 Å². The van der Waals surface area contributed by atoms with E-state index >= 15 is 0 Å². The van der Waals surface area contributed by atoms with Crippen molar-refractivity contribution >= 4 is 21.6 Å². The fraction of sp³-hybridized carbons (Fsp3) is 0.476. The fourth-order valence-corrected chi connectivity index (χ4v) is 5.51. The summed E-state index contributed by atoms with van der Waals surface area (Å²) >= 11 is 0. The number of nitrogens with one attached hydrogen (secondary N) is 1. The highest BCUT2D eigenvalue weighted by Gasteiger charge is 2.31. The highest BCUT2D eigenvalue weighted by atomic mass is 32.2. The third-order valence-electron chi connectivity index (χ3n) is 5.03. The van der Waals surface area contributed by atoms with Crippen LogP contribution < -0.4 is 5.32 Å². The van der Waals surface area contributed by atoms with Gasteiger partial charge in [-0.3, -0.25) is 9.69 Å². The van der Waals surface area contributed by atoms with Crippen molar-refractivity contribution in [3.63, 3.8) is 0 Å². The van der Waals surface area contributed by atoms with E-state index in [1.54, 1.807) is 34.8 Å². The minimum Gasteiger partial charge on any atom is -0.468 e. The van der Waals surface area contributed by atoms with Gasteiger partial charge in [0.15, 0.2) is 0 Å². The SMILES string of the molecule is C[C@@H]1C[C@@H](C)CN(S(=O)(=O)c2ccc(NC(=O)CN(C)Cc3ccco3)cc2)C1. The summed E-state index contributed by atoms with van der Waals surface area (Å²) in [5.41, 5.74) is 0.570. The molecule has 2 aromatic rings. The largest absolute Gasteiger partial charge is 0.468 e. The summed E-state index contributed by atoms with van der Waals surface area (Å²) in [6.07, 6.45) is 2.65. The average Bonchev–Trinajstić information content (AvgIpc) is 3.14. The van der Waals surface area contributed by atoms with Gasteiger partial charge in [-0.2, -0.15) is 4.31 Å². The second kappa shape index (κ2) is 9.11. The van der Waals surface area contributed by atoms with E-state index in [1.165, 1.54) is 0 Å². The molecule has 2 heterocycles. The Kier molecular flexibility index (Phi) is 6.77. The van der Waals surface area contributed by atoms with Crippen molar-refractivity contribution < 1.29 is 17.6 Å². The first-order valence-electron chi connectivity index (χ1n) is 9.85. The Morgan fingerprint density at radius 3 is 2.41 bits per heavy atom. The molecule has 7 nitrogen and oxygen atoms in total. The number of carbonyl (C=O) groups excluding carboxylic acids is 1. The van der Waals surface area contributed by atoms with Crippen molar-refractivity contribution in [2.75, 3.05) is 32.0 Å². The van der Waals surface area contributed by atoms with Gasteiger partial charge in [0.1, 0.15) is 5.76 Å². The Morgan fingerprint density at radius 2 is 1.83 bits per heavy atom. The zero-order chi connectivity index (χ0) is 21.0. The number of anilines is 1. The Labute approximate surface area is 172 Å². The first kappa shape index (κ1) is 21.5. The summed E-state index contributed by atoms with van der Waals surface area (Å²) in [7, 11) is -1.69. The van der Waals surface area contributed by atoms with Crippen molar-refractivity contribution in [3.05, 3.63) is 48.4 Å². The van der Waals surface area contributed by atoms with Gasteiger partial charge in [-0.05, 0) is 61.7 Å². The minimum atomic E-state index is -3.52. The molecular formula is C21H29N3O4S. The zero-order valence-electron chi connectivity index (χ0n) is 17.2. The summed E-state index contributed by atoms with van der Waals surface area (Å²) in [4.78, 5) is 14.3. The third kappa shape index (κ3) is 5.68. The predicted octanol–water partition coefficient (Wildman–Crippen LogP) is 3.02. The lowest BCUT2D eigenvalue weighted by Gasteiger charge is -2.34. The van der Waals surface area contributed by atoms with Crippen LogP contribution in [-0.2, 0) is 21.4 Å². The van der Waals surface area contributed by atoms with Crippen LogP contribution in [0, 0.1) is 11.8 Å². The molecule has 1 aliphatic rings. The maximum absolute atomic E-state index is 12.9. The van der Waals surface area contributed by atoms with Crippen LogP contribution in [0.2, 0.25) is 0 Å². The van der Waals surface area contributed by atoms with Crippen molar-refractivity contribution in [3.8, 4) is 0 Å². The molecule has 1 N–H and O–H groups in total. The Morgan fingerprint density at radius 1 is 1.17 bits per heavy atom. The Hall–Kier alpha value is -2.16. The quantitative estimate of drug-likeness (QED) is 0.746. The van der Waals surface area contributed by atoms with Gasteiger partial charge < -0.3 is 9.73 Å². The number of sulfonamides is 1. The lowest BCUT2D eigenvalue weighted by atomic mass is 9.94. The number of hydrogen-bond donors (Lipinski definition) is 1. The summed E-state index contributed by atoms with van der Waals surface area (Å²) < 4.78 is 32.7. The molecule has 3 rings (SSSR count). The van der Waals surface area contributed by atoms with Crippen molar-refractivity contribution in [2.45, 2.75) is 31.7 Å². The van der Waals surface area contributed by atoms with Crippen LogP contribution in [0.1, 0.15) is 26.0 Å². The minimum absolute atomic E-state index is 0.173. The Bertz CT molecular complexity index is 900. The van der Waals surface area contributed by atoms with E-state index in [9.17, 15) is 13.2 Å². The van der Waals surface area contributed by atoms with Crippen LogP contribution in [0.5, 0.6) is 0 Å². The first-order chi connectivity index (χ1) is 13.7. The molecule has 1 saturated heterocycles. The van der Waals surface area contributed by atoms with E-state index in [0.29, 0.717) is 37.2 Å². The van der Waals surface area contributed by atoms with Crippen LogP contribution >= 0.6 is 0 Å². The van der Waals surface area contributed by atoms with Gasteiger partial charge in [-0.25, -0.2) is 8.42 Å². The topological polar surface area (TPSA) is 82.9 Å². The van der Waals surface area contributed by atoms with Gasteiger partial charge in [0, 0.05) is 18.8 Å². The van der Waals surface area contributed by atoms with E-state index in [1.807, 2.05) is 24.1 Å². The van der Waals surface area contributed by atoms with Gasteiger partial charge >= 0.3 is 0 Å². The van der Waals surface area contributed by atoms with Gasteiger partial charge in [0.05, 0.1) is 24.2 Å². The molecule has 1 aromatic heterocycles. The molecule has 0 saturated carbocycles. The van der Waals surface area contributed by atoms with Crippen molar-refractivity contribution in [2.24, 2.45) is 11.8 Å². The second-order valence-corrected chi connectivity index (χ2v) is 10.0. The van der Waals surface area contributed by atoms with Gasteiger partial charge in [-0.1, -0.05) is 13.8 Å². The lowest BCUT2D eigenvalue weighted by Crippen LogP contribution is -2.42. The number of carbonyl (C=O) groups is 1. The average molecular weight is 420 g/mol. The van der Waals surface area contributed by atoms with Gasteiger partial charge in [0.25, 0.3) is 0 Å². The fourth-order valence-electron chi connectivity index (χ4n) is 3.83. The van der Waals surface area contributed by atoms with Crippen molar-refractivity contribution in [1.82, 2.24) is 9.21 Å². The molecule has 0 bridgehead atoms. The predicted molar refractivity (Wildman–Crippen MR) is 112 cm³/mol. The summed E-state index contributed by atoms with van der Waals surface area (Å²) in [6.45, 7) is 5.99. The zero-order valence-corrected chi connectivity index (χ0v) is 18.0. The monoisotopic (exact) mass is 419 g/mol. The highest BCUT2D eigenvalue weighted by molar-refractivity contribution is 7.89. The van der Waals surface area contributed by atoms with Gasteiger partial charge in [-0.15, -0.1) is 0 Å². The molecule has 158 valence electrons. The molecule has 2 atom stereocenters. The van der Waals surface area contributed by atoms with Crippen LogP contribution in [0.15, 0.2) is 52.0 Å². The number of furan rings is 1. The molecule has 29 heavy (non-hydrogen) atoms. The van der Waals surface area contributed by atoms with E-state index in [4.69, 9.17) is 4.42 Å². The summed E-state index contributed by atoms with van der Waals surface area (Å²) in [5.74, 6) is 1.32. The van der Waals surface area contributed by atoms with E-state index in [2.05, 4.69) is 19.2 Å². The van der Waals surface area contributed by atoms with E-state index in [0.717, 1.165) is 12.2 Å². The number of likely N-dealkylation sites (N-methyl/N-ethyl adjacent to an activating group) is 1. The van der Waals surface area contributed by atoms with Crippen LogP contribution in [-0.4, -0.2) is 50.2 Å². The molecule has 1 fully saturated rings. The van der Waals surface area contributed by atoms with Crippen LogP contribution in [0.25, 0.3) is 0 Å². The summed E-state index contributed by atoms with van der Waals surface area (Å²) in [5, 5.41) is 2.81. The number of amides is 1. The molecule has 0 spiro atoms. The molecule has 0 radical (unpaired) electrons. The van der Waals surface area contributed by atoms with Gasteiger partial charge in [0.2, 0.25) is 15.9 Å². The smallest absolute Gasteiger partial charge is 0.243 e. The number of piperidine rings is 1. The number of hydrogen-bond acceptors (Lipinski definition) is 5. The molecule has 1 aromatic carbocycles. The molecule has 1 amide bonds. The molecule has 1 aliphatic heterocycles. The third-order valence-corrected chi connectivity index (χ3v) is 6.88. The summed E-state index contributed by atoms with van der Waals surface area (Å²) in [6, 6.07) is 10.0. The maximum atomic E-state index is 12.9. The normalized spacial score (nSPS) is 20.7. The number of rotatable bonds is 7. The first-order valence-corrected chi connectivity index (χ1v) is 11.3. The Balaban J connectivity index is 1.58. The number of nitrogens with zero attached hydrogens (tertiary/aromatic N) is 2. The molecule has 8 heteroatoms. The van der Waals surface area contributed by atoms with E-state index in [-0.39, 0.29) is 17.3 Å². The maximum Gasteiger partial charge on any atom is 0.243 e. The second-order valence-electron chi connectivity index (χ2n) is 8.09. The van der Waals surface area contributed by atoms with Crippen molar-refractivity contribution in [1.29, 1.82) is 0 Å². The molecular weight excluding hydrogens is 390 g/mol. The lowest BCUT2D eigenvalue weighted by molar-refractivity contribution is -0.117. The van der Waals surface area contributed by atoms with E-state index < -0.39 is 10.0 Å². The molecule has 0 aliphatic carbocycles.